The minimum Gasteiger partial charge on any atom is -0.396 e. The van der Waals surface area contributed by atoms with Gasteiger partial charge in [-0.15, -0.1) is 0 Å². The molecule has 3 heterocycles. The van der Waals surface area contributed by atoms with E-state index < -0.39 is 17.8 Å². The summed E-state index contributed by atoms with van der Waals surface area (Å²) in [4.78, 5) is 22.3. The van der Waals surface area contributed by atoms with Crippen LogP contribution in [-0.2, 0) is 6.18 Å². The summed E-state index contributed by atoms with van der Waals surface area (Å²) in [6.07, 6.45) is 2.18. The van der Waals surface area contributed by atoms with Crippen molar-refractivity contribution in [2.24, 2.45) is 5.92 Å². The fourth-order valence-corrected chi connectivity index (χ4v) is 3.55. The van der Waals surface area contributed by atoms with Crippen LogP contribution < -0.4 is 10.2 Å². The van der Waals surface area contributed by atoms with Gasteiger partial charge in [-0.1, -0.05) is 0 Å². The lowest BCUT2D eigenvalue weighted by molar-refractivity contribution is -0.141. The average molecular weight is 431 g/mol. The number of aliphatic hydroxyl groups excluding tert-OH is 1. The maximum atomic E-state index is 12.9. The maximum Gasteiger partial charge on any atom is 0.433 e. The zero-order chi connectivity index (χ0) is 22.0. The number of pyridine rings is 1. The summed E-state index contributed by atoms with van der Waals surface area (Å²) in [5.74, 6) is -0.382. The Morgan fingerprint density at radius 1 is 1.19 bits per heavy atom. The van der Waals surface area contributed by atoms with Crippen molar-refractivity contribution in [3.63, 3.8) is 0 Å². The molecule has 2 aromatic heterocycles. The van der Waals surface area contributed by atoms with Gasteiger partial charge in [0, 0.05) is 66.8 Å². The van der Waals surface area contributed by atoms with Gasteiger partial charge in [-0.25, -0.2) is 4.98 Å². The number of benzene rings is 1. The van der Waals surface area contributed by atoms with Gasteiger partial charge >= 0.3 is 6.18 Å². The molecule has 0 radical (unpaired) electrons. The molecule has 1 aromatic carbocycles. The van der Waals surface area contributed by atoms with E-state index >= 15 is 0 Å². The first-order valence-electron chi connectivity index (χ1n) is 9.67. The monoisotopic (exact) mass is 431 g/mol. The van der Waals surface area contributed by atoms with E-state index in [-0.39, 0.29) is 18.2 Å². The Hall–Kier alpha value is -3.40. The molecule has 0 unspecified atom stereocenters. The zero-order valence-corrected chi connectivity index (χ0v) is 16.4. The van der Waals surface area contributed by atoms with Crippen molar-refractivity contribution in [3.05, 3.63) is 66.5 Å². The molecule has 1 saturated heterocycles. The first kappa shape index (κ1) is 20.9. The van der Waals surface area contributed by atoms with E-state index in [1.807, 2.05) is 6.07 Å². The molecule has 1 amide bonds. The molecular formula is C21H20F3N5O2. The van der Waals surface area contributed by atoms with Crippen molar-refractivity contribution in [2.45, 2.75) is 12.6 Å². The van der Waals surface area contributed by atoms with Crippen LogP contribution in [0.4, 0.5) is 24.5 Å². The van der Waals surface area contributed by atoms with E-state index in [9.17, 15) is 23.1 Å². The second-order valence-corrected chi connectivity index (χ2v) is 7.37. The third-order valence-electron chi connectivity index (χ3n) is 5.18. The van der Waals surface area contributed by atoms with Crippen LogP contribution in [0, 0.1) is 5.92 Å². The van der Waals surface area contributed by atoms with Crippen molar-refractivity contribution < 1.29 is 23.1 Å². The van der Waals surface area contributed by atoms with Crippen molar-refractivity contribution in [1.82, 2.24) is 14.5 Å². The average Bonchev–Trinajstić information content (AvgIpc) is 3.45. The van der Waals surface area contributed by atoms with E-state index in [0.717, 1.165) is 30.9 Å². The number of anilines is 2. The number of carbonyl (C=O) groups is 1. The minimum absolute atomic E-state index is 0.00317. The lowest BCUT2D eigenvalue weighted by Crippen LogP contribution is -2.22. The van der Waals surface area contributed by atoms with Crippen LogP contribution in [0.15, 0.2) is 55.2 Å². The number of amides is 1. The molecule has 3 aromatic rings. The van der Waals surface area contributed by atoms with E-state index in [1.54, 1.807) is 35.4 Å². The number of nitrogens with zero attached hydrogens (tertiary/aromatic N) is 4. The zero-order valence-electron chi connectivity index (χ0n) is 16.4. The second-order valence-electron chi connectivity index (χ2n) is 7.37. The Morgan fingerprint density at radius 3 is 2.68 bits per heavy atom. The van der Waals surface area contributed by atoms with Crippen LogP contribution in [0.1, 0.15) is 22.5 Å². The number of nitrogens with one attached hydrogen (secondary N) is 1. The minimum atomic E-state index is -4.60. The molecule has 10 heteroatoms. The third kappa shape index (κ3) is 4.69. The number of alkyl halides is 3. The SMILES string of the molecule is O=C(Nc1ccnc(C(F)(F)F)c1)c1cc(N2CC[C@H](CO)C2)cc(-n2ccnc2)c1. The summed E-state index contributed by atoms with van der Waals surface area (Å²) in [5, 5.41) is 12.0. The van der Waals surface area contributed by atoms with Gasteiger partial charge in [0.1, 0.15) is 5.69 Å². The fraction of sp³-hybridized carbons (Fsp3) is 0.286. The Labute approximate surface area is 176 Å². The quantitative estimate of drug-likeness (QED) is 0.647. The van der Waals surface area contributed by atoms with Crippen LogP contribution in [0.5, 0.6) is 0 Å². The molecule has 0 spiro atoms. The highest BCUT2D eigenvalue weighted by molar-refractivity contribution is 6.05. The molecule has 7 nitrogen and oxygen atoms in total. The van der Waals surface area contributed by atoms with Crippen LogP contribution in [0.2, 0.25) is 0 Å². The molecule has 1 fully saturated rings. The van der Waals surface area contributed by atoms with Crippen molar-refractivity contribution in [3.8, 4) is 5.69 Å². The third-order valence-corrected chi connectivity index (χ3v) is 5.18. The Morgan fingerprint density at radius 2 is 2.00 bits per heavy atom. The molecule has 31 heavy (non-hydrogen) atoms. The van der Waals surface area contributed by atoms with Crippen LogP contribution >= 0.6 is 0 Å². The Balaban J connectivity index is 1.65. The smallest absolute Gasteiger partial charge is 0.396 e. The molecule has 0 aliphatic carbocycles. The predicted octanol–water partition coefficient (Wildman–Crippen LogP) is 3.36. The van der Waals surface area contributed by atoms with Gasteiger partial charge in [-0.05, 0) is 36.8 Å². The lowest BCUT2D eigenvalue weighted by atomic mass is 10.1. The first-order chi connectivity index (χ1) is 14.8. The van der Waals surface area contributed by atoms with Crippen molar-refractivity contribution >= 4 is 17.3 Å². The topological polar surface area (TPSA) is 83.3 Å². The summed E-state index contributed by atoms with van der Waals surface area (Å²) in [5.41, 5.74) is 0.698. The number of halogens is 3. The standard InChI is InChI=1S/C21H20F3N5O2/c22-21(23,24)19-9-16(1-3-26-19)27-20(31)15-7-17(28-5-2-14(11-28)12-30)10-18(8-15)29-6-4-25-13-29/h1,3-4,6-10,13-14,30H,2,5,11-12H2,(H,26,27,31)/t14-/m0/s1. The number of rotatable bonds is 5. The number of aromatic nitrogens is 3. The second kappa shape index (κ2) is 8.38. The summed E-state index contributed by atoms with van der Waals surface area (Å²) < 4.78 is 40.5. The van der Waals surface area contributed by atoms with Gasteiger partial charge in [0.15, 0.2) is 0 Å². The molecule has 2 N–H and O–H groups in total. The van der Waals surface area contributed by atoms with E-state index in [0.29, 0.717) is 17.8 Å². The van der Waals surface area contributed by atoms with Crippen molar-refractivity contribution in [1.29, 1.82) is 0 Å². The number of imidazole rings is 1. The largest absolute Gasteiger partial charge is 0.433 e. The highest BCUT2D eigenvalue weighted by atomic mass is 19.4. The van der Waals surface area contributed by atoms with Gasteiger partial charge in [-0.2, -0.15) is 13.2 Å². The van der Waals surface area contributed by atoms with Crippen LogP contribution in [-0.4, -0.2) is 45.2 Å². The molecule has 1 aliphatic rings. The molecule has 0 saturated carbocycles. The first-order valence-corrected chi connectivity index (χ1v) is 9.67. The number of aliphatic hydroxyl groups is 1. The fourth-order valence-electron chi connectivity index (χ4n) is 3.55. The normalized spacial score (nSPS) is 16.5. The maximum absolute atomic E-state index is 12.9. The molecule has 1 aliphatic heterocycles. The highest BCUT2D eigenvalue weighted by Crippen LogP contribution is 2.30. The summed E-state index contributed by atoms with van der Waals surface area (Å²) in [7, 11) is 0. The molecule has 4 rings (SSSR count). The number of hydrogen-bond donors (Lipinski definition) is 2. The van der Waals surface area contributed by atoms with E-state index in [4.69, 9.17) is 0 Å². The van der Waals surface area contributed by atoms with Gasteiger partial charge < -0.3 is 19.9 Å². The summed E-state index contributed by atoms with van der Waals surface area (Å²) in [6.45, 7) is 1.48. The van der Waals surface area contributed by atoms with Crippen LogP contribution in [0.3, 0.4) is 0 Å². The molecule has 1 atom stereocenters. The summed E-state index contributed by atoms with van der Waals surface area (Å²) in [6, 6.07) is 7.35. The van der Waals surface area contributed by atoms with Crippen molar-refractivity contribution in [2.75, 3.05) is 29.9 Å². The predicted molar refractivity (Wildman–Crippen MR) is 108 cm³/mol. The summed E-state index contributed by atoms with van der Waals surface area (Å²) >= 11 is 0. The molecule has 0 bridgehead atoms. The Bertz CT molecular complexity index is 1070. The molecular weight excluding hydrogens is 411 g/mol. The van der Waals surface area contributed by atoms with E-state index in [1.165, 1.54) is 6.07 Å². The number of carbonyl (C=O) groups excluding carboxylic acids is 1. The van der Waals surface area contributed by atoms with Gasteiger partial charge in [0.25, 0.3) is 5.91 Å². The number of hydrogen-bond acceptors (Lipinski definition) is 5. The van der Waals surface area contributed by atoms with Gasteiger partial charge in [-0.3, -0.25) is 9.78 Å². The Kier molecular flexibility index (Phi) is 5.64. The molecule has 162 valence electrons. The van der Waals surface area contributed by atoms with Crippen LogP contribution in [0.25, 0.3) is 5.69 Å². The van der Waals surface area contributed by atoms with Gasteiger partial charge in [0.05, 0.1) is 6.33 Å². The lowest BCUT2D eigenvalue weighted by Gasteiger charge is -2.21. The highest BCUT2D eigenvalue weighted by Gasteiger charge is 2.32. The van der Waals surface area contributed by atoms with Gasteiger partial charge in [0.2, 0.25) is 0 Å². The van der Waals surface area contributed by atoms with E-state index in [2.05, 4.69) is 20.2 Å².